The van der Waals surface area contributed by atoms with Crippen LogP contribution in [0.1, 0.15) is 10.4 Å². The standard InChI is InChI=1S/C22H18ClN3O2S/c1-25-18-12-17(24-21(27)14-6-4-3-5-7-14)20(13-19(18)26(2)22(25)28)29-16-10-8-15(23)9-11-16/h3-13H,1-2H3,(H,24,27). The number of aryl methyl sites for hydroxylation is 2. The van der Waals surface area contributed by atoms with Gasteiger partial charge in [-0.2, -0.15) is 0 Å². The summed E-state index contributed by atoms with van der Waals surface area (Å²) in [5.74, 6) is -0.205. The van der Waals surface area contributed by atoms with Gasteiger partial charge in [-0.3, -0.25) is 13.9 Å². The zero-order valence-corrected chi connectivity index (χ0v) is 17.4. The van der Waals surface area contributed by atoms with E-state index in [4.69, 9.17) is 11.6 Å². The van der Waals surface area contributed by atoms with E-state index in [9.17, 15) is 9.59 Å². The topological polar surface area (TPSA) is 56.0 Å². The summed E-state index contributed by atoms with van der Waals surface area (Å²) in [6.07, 6.45) is 0. The predicted molar refractivity (Wildman–Crippen MR) is 118 cm³/mol. The van der Waals surface area contributed by atoms with E-state index in [1.807, 2.05) is 54.6 Å². The number of aromatic nitrogens is 2. The van der Waals surface area contributed by atoms with Gasteiger partial charge in [-0.25, -0.2) is 4.79 Å². The second kappa shape index (κ2) is 7.81. The average molecular weight is 424 g/mol. The lowest BCUT2D eigenvalue weighted by atomic mass is 10.2. The lowest BCUT2D eigenvalue weighted by Crippen LogP contribution is -2.19. The molecule has 0 unspecified atom stereocenters. The van der Waals surface area contributed by atoms with Crippen LogP contribution in [0.4, 0.5) is 5.69 Å². The number of carbonyl (C=O) groups is 1. The lowest BCUT2D eigenvalue weighted by molar-refractivity contribution is 0.102. The highest BCUT2D eigenvalue weighted by Crippen LogP contribution is 2.37. The number of imidazole rings is 1. The van der Waals surface area contributed by atoms with E-state index < -0.39 is 0 Å². The van der Waals surface area contributed by atoms with Gasteiger partial charge in [0.05, 0.1) is 16.7 Å². The molecule has 1 heterocycles. The van der Waals surface area contributed by atoms with Gasteiger partial charge in [0.25, 0.3) is 5.91 Å². The lowest BCUT2D eigenvalue weighted by Gasteiger charge is -2.12. The highest BCUT2D eigenvalue weighted by molar-refractivity contribution is 7.99. The number of amides is 1. The van der Waals surface area contributed by atoms with Gasteiger partial charge in [0.2, 0.25) is 0 Å². The van der Waals surface area contributed by atoms with E-state index in [1.54, 1.807) is 35.4 Å². The molecule has 1 N–H and O–H groups in total. The Morgan fingerprint density at radius 2 is 1.55 bits per heavy atom. The molecule has 1 aromatic heterocycles. The summed E-state index contributed by atoms with van der Waals surface area (Å²) in [7, 11) is 3.46. The maximum Gasteiger partial charge on any atom is 0.328 e. The van der Waals surface area contributed by atoms with Gasteiger partial charge in [0, 0.05) is 34.5 Å². The van der Waals surface area contributed by atoms with Crippen LogP contribution < -0.4 is 11.0 Å². The Kier molecular flexibility index (Phi) is 5.22. The number of carbonyl (C=O) groups excluding carboxylic acids is 1. The summed E-state index contributed by atoms with van der Waals surface area (Å²) >= 11 is 7.50. The highest BCUT2D eigenvalue weighted by Gasteiger charge is 2.16. The van der Waals surface area contributed by atoms with Crippen LogP contribution in [0.15, 0.2) is 81.3 Å². The van der Waals surface area contributed by atoms with Crippen molar-refractivity contribution in [1.29, 1.82) is 0 Å². The van der Waals surface area contributed by atoms with Crippen LogP contribution in [-0.4, -0.2) is 15.0 Å². The molecule has 0 atom stereocenters. The van der Waals surface area contributed by atoms with Crippen LogP contribution in [0.3, 0.4) is 0 Å². The molecule has 0 saturated carbocycles. The van der Waals surface area contributed by atoms with Gasteiger partial charge in [0.15, 0.2) is 0 Å². The summed E-state index contributed by atoms with van der Waals surface area (Å²) in [5, 5.41) is 3.66. The smallest absolute Gasteiger partial charge is 0.321 e. The van der Waals surface area contributed by atoms with E-state index in [-0.39, 0.29) is 11.6 Å². The summed E-state index contributed by atoms with van der Waals surface area (Å²) in [5.41, 5.74) is 2.64. The molecule has 0 saturated heterocycles. The summed E-state index contributed by atoms with van der Waals surface area (Å²) in [6, 6.07) is 20.3. The first-order valence-corrected chi connectivity index (χ1v) is 10.1. The minimum Gasteiger partial charge on any atom is -0.321 e. The van der Waals surface area contributed by atoms with Crippen molar-refractivity contribution in [3.8, 4) is 0 Å². The van der Waals surface area contributed by atoms with E-state index in [2.05, 4.69) is 5.32 Å². The normalized spacial score (nSPS) is 11.0. The molecule has 0 spiro atoms. The van der Waals surface area contributed by atoms with Gasteiger partial charge in [-0.1, -0.05) is 41.6 Å². The monoisotopic (exact) mass is 423 g/mol. The fraction of sp³-hybridized carbons (Fsp3) is 0.0909. The molecule has 4 aromatic rings. The summed E-state index contributed by atoms with van der Waals surface area (Å²) < 4.78 is 3.17. The largest absolute Gasteiger partial charge is 0.328 e. The van der Waals surface area contributed by atoms with Gasteiger partial charge in [-0.05, 0) is 48.5 Å². The van der Waals surface area contributed by atoms with Gasteiger partial charge < -0.3 is 5.32 Å². The second-order valence-electron chi connectivity index (χ2n) is 6.61. The number of anilines is 1. The molecule has 1 amide bonds. The van der Waals surface area contributed by atoms with Crippen LogP contribution in [0, 0.1) is 0 Å². The first-order valence-electron chi connectivity index (χ1n) is 8.93. The molecule has 7 heteroatoms. The van der Waals surface area contributed by atoms with Crippen LogP contribution in [0.2, 0.25) is 5.02 Å². The van der Waals surface area contributed by atoms with Crippen molar-refractivity contribution in [2.75, 3.05) is 5.32 Å². The molecule has 0 bridgehead atoms. The fourth-order valence-electron chi connectivity index (χ4n) is 3.12. The Bertz CT molecular complexity index is 1260. The Hall–Kier alpha value is -2.96. The zero-order valence-electron chi connectivity index (χ0n) is 15.8. The van der Waals surface area contributed by atoms with Crippen molar-refractivity contribution >= 4 is 46.0 Å². The molecule has 0 radical (unpaired) electrons. The average Bonchev–Trinajstić information content (AvgIpc) is 2.94. The third-order valence-corrected chi connectivity index (χ3v) is 6.02. The number of fused-ring (bicyclic) bond motifs is 1. The second-order valence-corrected chi connectivity index (χ2v) is 8.17. The van der Waals surface area contributed by atoms with Gasteiger partial charge >= 0.3 is 5.69 Å². The summed E-state index contributed by atoms with van der Waals surface area (Å²) in [6.45, 7) is 0. The quantitative estimate of drug-likeness (QED) is 0.506. The first-order chi connectivity index (χ1) is 13.9. The Morgan fingerprint density at radius 1 is 0.931 bits per heavy atom. The van der Waals surface area contributed by atoms with Crippen molar-refractivity contribution < 1.29 is 4.79 Å². The molecular weight excluding hydrogens is 406 g/mol. The minimum absolute atomic E-state index is 0.117. The van der Waals surface area contributed by atoms with Crippen LogP contribution >= 0.6 is 23.4 Å². The Morgan fingerprint density at radius 3 is 2.21 bits per heavy atom. The van der Waals surface area contributed by atoms with Crippen molar-refractivity contribution in [3.05, 3.63) is 87.8 Å². The van der Waals surface area contributed by atoms with Crippen molar-refractivity contribution in [1.82, 2.24) is 9.13 Å². The highest BCUT2D eigenvalue weighted by atomic mass is 35.5. The maximum atomic E-state index is 12.7. The van der Waals surface area contributed by atoms with Crippen LogP contribution in [-0.2, 0) is 14.1 Å². The van der Waals surface area contributed by atoms with Crippen molar-refractivity contribution in [2.24, 2.45) is 14.1 Å². The van der Waals surface area contributed by atoms with Gasteiger partial charge in [0.1, 0.15) is 0 Å². The number of nitrogens with one attached hydrogen (secondary N) is 1. The number of rotatable bonds is 4. The minimum atomic E-state index is -0.205. The molecule has 0 aliphatic heterocycles. The van der Waals surface area contributed by atoms with Crippen LogP contribution in [0.25, 0.3) is 11.0 Å². The van der Waals surface area contributed by atoms with Gasteiger partial charge in [-0.15, -0.1) is 0 Å². The number of benzene rings is 3. The number of nitrogens with zero attached hydrogens (tertiary/aromatic N) is 2. The zero-order chi connectivity index (χ0) is 20.5. The van der Waals surface area contributed by atoms with E-state index in [0.29, 0.717) is 16.3 Å². The molecule has 146 valence electrons. The van der Waals surface area contributed by atoms with Crippen molar-refractivity contribution in [2.45, 2.75) is 9.79 Å². The van der Waals surface area contributed by atoms with Crippen molar-refractivity contribution in [3.63, 3.8) is 0 Å². The Labute approximate surface area is 176 Å². The molecule has 4 rings (SSSR count). The number of hydrogen-bond acceptors (Lipinski definition) is 3. The Balaban J connectivity index is 1.81. The molecule has 29 heavy (non-hydrogen) atoms. The molecule has 0 aliphatic carbocycles. The van der Waals surface area contributed by atoms with E-state index in [0.717, 1.165) is 20.8 Å². The SMILES string of the molecule is Cn1c(=O)n(C)c2cc(Sc3ccc(Cl)cc3)c(NC(=O)c3ccccc3)cc21. The first kappa shape index (κ1) is 19.4. The molecule has 5 nitrogen and oxygen atoms in total. The molecule has 0 fully saturated rings. The maximum absolute atomic E-state index is 12.7. The fourth-order valence-corrected chi connectivity index (χ4v) is 4.16. The molecule has 0 aliphatic rings. The molecular formula is C22H18ClN3O2S. The van der Waals surface area contributed by atoms with E-state index in [1.165, 1.54) is 11.8 Å². The number of halogens is 1. The summed E-state index contributed by atoms with van der Waals surface area (Å²) in [4.78, 5) is 26.9. The molecule has 3 aromatic carbocycles. The third kappa shape index (κ3) is 3.81. The number of hydrogen-bond donors (Lipinski definition) is 1. The van der Waals surface area contributed by atoms with Crippen LogP contribution in [0.5, 0.6) is 0 Å². The third-order valence-electron chi connectivity index (χ3n) is 4.70. The van der Waals surface area contributed by atoms with E-state index >= 15 is 0 Å². The predicted octanol–water partition coefficient (Wildman–Crippen LogP) is 4.93.